The smallest absolute Gasteiger partial charge is 0.141 e. The highest BCUT2D eigenvalue weighted by Gasteiger charge is 2.01. The van der Waals surface area contributed by atoms with Crippen molar-refractivity contribution >= 4 is 28.9 Å². The molecule has 0 fully saturated rings. The van der Waals surface area contributed by atoms with Crippen molar-refractivity contribution < 1.29 is 4.39 Å². The van der Waals surface area contributed by atoms with E-state index in [1.54, 1.807) is 12.1 Å². The second-order valence-electron chi connectivity index (χ2n) is 3.94. The molecule has 2 rings (SSSR count). The minimum Gasteiger partial charge on any atom is -0.381 e. The molecule has 2 aromatic rings. The Morgan fingerprint density at radius 1 is 1.06 bits per heavy atom. The number of hydrogen-bond donors (Lipinski definition) is 1. The van der Waals surface area contributed by atoms with E-state index in [4.69, 9.17) is 23.2 Å². The third-order valence-electron chi connectivity index (χ3n) is 2.56. The summed E-state index contributed by atoms with van der Waals surface area (Å²) >= 11 is 11.5. The standard InChI is InChI=1S/C14H12Cl2FN/c15-8-10-2-1-3-12(6-10)18-9-11-4-5-14(17)13(16)7-11/h1-7,18H,8-9H2. The average Bonchev–Trinajstić information content (AvgIpc) is 2.40. The van der Waals surface area contributed by atoms with Gasteiger partial charge in [0, 0.05) is 18.1 Å². The van der Waals surface area contributed by atoms with Crippen LogP contribution in [-0.4, -0.2) is 0 Å². The van der Waals surface area contributed by atoms with Gasteiger partial charge in [0.2, 0.25) is 0 Å². The summed E-state index contributed by atoms with van der Waals surface area (Å²) in [7, 11) is 0. The molecule has 0 unspecified atom stereocenters. The van der Waals surface area contributed by atoms with Crippen LogP contribution < -0.4 is 5.32 Å². The number of halogens is 3. The zero-order valence-corrected chi connectivity index (χ0v) is 11.1. The first kappa shape index (κ1) is 13.2. The molecule has 4 heteroatoms. The van der Waals surface area contributed by atoms with Gasteiger partial charge in [0.15, 0.2) is 0 Å². The lowest BCUT2D eigenvalue weighted by molar-refractivity contribution is 0.627. The Morgan fingerprint density at radius 2 is 1.89 bits per heavy atom. The van der Waals surface area contributed by atoms with Gasteiger partial charge in [0.1, 0.15) is 5.82 Å². The SMILES string of the molecule is Fc1ccc(CNc2cccc(CCl)c2)cc1Cl. The molecule has 1 N–H and O–H groups in total. The van der Waals surface area contributed by atoms with Crippen molar-refractivity contribution in [3.05, 3.63) is 64.4 Å². The molecule has 0 heterocycles. The summed E-state index contributed by atoms with van der Waals surface area (Å²) in [6.07, 6.45) is 0. The summed E-state index contributed by atoms with van der Waals surface area (Å²) in [5.41, 5.74) is 2.96. The minimum atomic E-state index is -0.399. The molecule has 0 bridgehead atoms. The van der Waals surface area contributed by atoms with Gasteiger partial charge >= 0.3 is 0 Å². The van der Waals surface area contributed by atoms with Gasteiger partial charge in [-0.3, -0.25) is 0 Å². The molecule has 0 aliphatic carbocycles. The predicted octanol–water partition coefficient (Wildman–Crippen LogP) is 4.83. The maximum Gasteiger partial charge on any atom is 0.141 e. The lowest BCUT2D eigenvalue weighted by atomic mass is 10.2. The van der Waals surface area contributed by atoms with Crippen molar-refractivity contribution in [1.29, 1.82) is 0 Å². The Morgan fingerprint density at radius 3 is 2.61 bits per heavy atom. The highest BCUT2D eigenvalue weighted by Crippen LogP contribution is 2.18. The number of nitrogens with one attached hydrogen (secondary N) is 1. The number of rotatable bonds is 4. The van der Waals surface area contributed by atoms with Gasteiger partial charge < -0.3 is 5.32 Å². The van der Waals surface area contributed by atoms with E-state index in [1.165, 1.54) is 6.07 Å². The normalized spacial score (nSPS) is 10.4. The fourth-order valence-corrected chi connectivity index (χ4v) is 1.99. The zero-order chi connectivity index (χ0) is 13.0. The lowest BCUT2D eigenvalue weighted by Gasteiger charge is -2.08. The van der Waals surface area contributed by atoms with Crippen LogP contribution in [0.3, 0.4) is 0 Å². The van der Waals surface area contributed by atoms with Crippen LogP contribution in [-0.2, 0) is 12.4 Å². The molecular formula is C14H12Cl2FN. The van der Waals surface area contributed by atoms with Crippen LogP contribution in [0.1, 0.15) is 11.1 Å². The summed E-state index contributed by atoms with van der Waals surface area (Å²) in [5.74, 6) is 0.0855. The largest absolute Gasteiger partial charge is 0.381 e. The van der Waals surface area contributed by atoms with Gasteiger partial charge in [-0.1, -0.05) is 29.8 Å². The molecule has 0 aromatic heterocycles. The molecular weight excluding hydrogens is 272 g/mol. The van der Waals surface area contributed by atoms with E-state index in [1.807, 2.05) is 24.3 Å². The highest BCUT2D eigenvalue weighted by molar-refractivity contribution is 6.30. The molecule has 1 nitrogen and oxygen atoms in total. The van der Waals surface area contributed by atoms with Crippen LogP contribution in [0.4, 0.5) is 10.1 Å². The van der Waals surface area contributed by atoms with Gasteiger partial charge in [-0.15, -0.1) is 11.6 Å². The molecule has 0 atom stereocenters. The molecule has 0 saturated heterocycles. The first-order valence-corrected chi connectivity index (χ1v) is 6.43. The van der Waals surface area contributed by atoms with E-state index in [2.05, 4.69) is 5.32 Å². The molecule has 0 spiro atoms. The number of benzene rings is 2. The van der Waals surface area contributed by atoms with Crippen LogP contribution >= 0.6 is 23.2 Å². The summed E-state index contributed by atoms with van der Waals surface area (Å²) < 4.78 is 13.0. The maximum absolute atomic E-state index is 13.0. The van der Waals surface area contributed by atoms with Crippen LogP contribution in [0.15, 0.2) is 42.5 Å². The van der Waals surface area contributed by atoms with E-state index in [-0.39, 0.29) is 5.02 Å². The summed E-state index contributed by atoms with van der Waals surface area (Å²) in [6.45, 7) is 0.589. The van der Waals surface area contributed by atoms with Crippen molar-refractivity contribution in [2.45, 2.75) is 12.4 Å². The average molecular weight is 284 g/mol. The molecule has 2 aromatic carbocycles. The van der Waals surface area contributed by atoms with Crippen molar-refractivity contribution in [1.82, 2.24) is 0 Å². The summed E-state index contributed by atoms with van der Waals surface area (Å²) in [6, 6.07) is 12.5. The third-order valence-corrected chi connectivity index (χ3v) is 3.16. The molecule has 94 valence electrons. The van der Waals surface area contributed by atoms with E-state index < -0.39 is 5.82 Å². The Bertz CT molecular complexity index is 543. The van der Waals surface area contributed by atoms with Crippen LogP contribution in [0.2, 0.25) is 5.02 Å². The number of hydrogen-bond acceptors (Lipinski definition) is 1. The Hall–Kier alpha value is -1.25. The van der Waals surface area contributed by atoms with Gasteiger partial charge in [-0.05, 0) is 35.4 Å². The summed E-state index contributed by atoms with van der Waals surface area (Å²) in [4.78, 5) is 0. The Kier molecular flexibility index (Phi) is 4.45. The Labute approximate surface area is 116 Å². The second kappa shape index (κ2) is 6.07. The second-order valence-corrected chi connectivity index (χ2v) is 4.61. The topological polar surface area (TPSA) is 12.0 Å². The van der Waals surface area contributed by atoms with Crippen LogP contribution in [0.25, 0.3) is 0 Å². The van der Waals surface area contributed by atoms with E-state index in [0.717, 1.165) is 16.8 Å². The first-order valence-electron chi connectivity index (χ1n) is 5.52. The summed E-state index contributed by atoms with van der Waals surface area (Å²) in [5, 5.41) is 3.39. The highest BCUT2D eigenvalue weighted by atomic mass is 35.5. The van der Waals surface area contributed by atoms with Gasteiger partial charge in [-0.2, -0.15) is 0 Å². The lowest BCUT2D eigenvalue weighted by Crippen LogP contribution is -2.00. The molecule has 0 aliphatic heterocycles. The van der Waals surface area contributed by atoms with E-state index >= 15 is 0 Å². The number of alkyl halides is 1. The van der Waals surface area contributed by atoms with Gasteiger partial charge in [0.25, 0.3) is 0 Å². The first-order chi connectivity index (χ1) is 8.69. The predicted molar refractivity (Wildman–Crippen MR) is 74.7 cm³/mol. The Balaban J connectivity index is 2.04. The van der Waals surface area contributed by atoms with E-state index in [0.29, 0.717) is 12.4 Å². The molecule has 0 saturated carbocycles. The zero-order valence-electron chi connectivity index (χ0n) is 9.59. The third kappa shape index (κ3) is 3.37. The van der Waals surface area contributed by atoms with Crippen molar-refractivity contribution in [2.24, 2.45) is 0 Å². The van der Waals surface area contributed by atoms with Crippen LogP contribution in [0, 0.1) is 5.82 Å². The number of anilines is 1. The van der Waals surface area contributed by atoms with Crippen molar-refractivity contribution in [3.8, 4) is 0 Å². The maximum atomic E-state index is 13.0. The van der Waals surface area contributed by atoms with E-state index in [9.17, 15) is 4.39 Å². The fraction of sp³-hybridized carbons (Fsp3) is 0.143. The van der Waals surface area contributed by atoms with Gasteiger partial charge in [0.05, 0.1) is 5.02 Å². The fourth-order valence-electron chi connectivity index (χ4n) is 1.62. The molecule has 18 heavy (non-hydrogen) atoms. The quantitative estimate of drug-likeness (QED) is 0.793. The van der Waals surface area contributed by atoms with Gasteiger partial charge in [-0.25, -0.2) is 4.39 Å². The van der Waals surface area contributed by atoms with Crippen molar-refractivity contribution in [2.75, 3.05) is 5.32 Å². The molecule has 0 amide bonds. The van der Waals surface area contributed by atoms with Crippen LogP contribution in [0.5, 0.6) is 0 Å². The minimum absolute atomic E-state index is 0.142. The monoisotopic (exact) mass is 283 g/mol. The molecule has 0 aliphatic rings. The van der Waals surface area contributed by atoms with Crippen molar-refractivity contribution in [3.63, 3.8) is 0 Å². The molecule has 0 radical (unpaired) electrons.